The van der Waals surface area contributed by atoms with Crippen LogP contribution in [-0.4, -0.2) is 4.57 Å². The standard InChI is InChI=1S/C14H15N3O/c1-3-17-11(9-15)8-13(16)14(17)18-12-6-4-5-10(2)7-12/h4-8H,3,16H2,1-2H3. The van der Waals surface area contributed by atoms with Gasteiger partial charge in [0.15, 0.2) is 0 Å². The second-order valence-electron chi connectivity index (χ2n) is 4.06. The number of nitrogen functional groups attached to an aromatic ring is 1. The van der Waals surface area contributed by atoms with E-state index in [1.807, 2.05) is 38.1 Å². The van der Waals surface area contributed by atoms with Crippen molar-refractivity contribution in [3.05, 3.63) is 41.6 Å². The molecule has 1 aromatic heterocycles. The summed E-state index contributed by atoms with van der Waals surface area (Å²) < 4.78 is 7.54. The van der Waals surface area contributed by atoms with Gasteiger partial charge in [0.05, 0.1) is 5.69 Å². The number of nitrogens with two attached hydrogens (primary N) is 1. The van der Waals surface area contributed by atoms with Crippen LogP contribution in [0.1, 0.15) is 18.2 Å². The highest BCUT2D eigenvalue weighted by Gasteiger charge is 2.13. The van der Waals surface area contributed by atoms with Gasteiger partial charge in [-0.3, -0.25) is 0 Å². The first-order chi connectivity index (χ1) is 8.65. The molecule has 0 aliphatic rings. The molecule has 4 nitrogen and oxygen atoms in total. The van der Waals surface area contributed by atoms with Gasteiger partial charge in [-0.05, 0) is 31.5 Å². The van der Waals surface area contributed by atoms with Crippen molar-refractivity contribution >= 4 is 5.69 Å². The van der Waals surface area contributed by atoms with Gasteiger partial charge in [0.2, 0.25) is 5.88 Å². The average molecular weight is 241 g/mol. The summed E-state index contributed by atoms with van der Waals surface area (Å²) in [4.78, 5) is 0. The summed E-state index contributed by atoms with van der Waals surface area (Å²) in [6, 6.07) is 11.5. The Hall–Kier alpha value is -2.41. The summed E-state index contributed by atoms with van der Waals surface area (Å²) in [6.45, 7) is 4.58. The monoisotopic (exact) mass is 241 g/mol. The molecule has 1 aromatic carbocycles. The van der Waals surface area contributed by atoms with Crippen LogP contribution in [-0.2, 0) is 6.54 Å². The lowest BCUT2D eigenvalue weighted by Crippen LogP contribution is -2.01. The summed E-state index contributed by atoms with van der Waals surface area (Å²) >= 11 is 0. The number of nitrogens with zero attached hydrogens (tertiary/aromatic N) is 2. The Morgan fingerprint density at radius 1 is 1.39 bits per heavy atom. The van der Waals surface area contributed by atoms with Crippen molar-refractivity contribution in [3.8, 4) is 17.7 Å². The molecule has 92 valence electrons. The molecular weight excluding hydrogens is 226 g/mol. The van der Waals surface area contributed by atoms with E-state index in [2.05, 4.69) is 6.07 Å². The van der Waals surface area contributed by atoms with Gasteiger partial charge in [0.1, 0.15) is 17.5 Å². The lowest BCUT2D eigenvalue weighted by Gasteiger charge is -2.10. The number of aromatic nitrogens is 1. The van der Waals surface area contributed by atoms with Gasteiger partial charge >= 0.3 is 0 Å². The van der Waals surface area contributed by atoms with Crippen LogP contribution >= 0.6 is 0 Å². The number of rotatable bonds is 3. The summed E-state index contributed by atoms with van der Waals surface area (Å²) in [5.41, 5.74) is 7.99. The minimum atomic E-state index is 0.481. The van der Waals surface area contributed by atoms with Crippen molar-refractivity contribution in [3.63, 3.8) is 0 Å². The predicted molar refractivity (Wildman–Crippen MR) is 70.5 cm³/mol. The molecule has 0 aliphatic heterocycles. The summed E-state index contributed by atoms with van der Waals surface area (Å²) in [7, 11) is 0. The van der Waals surface area contributed by atoms with Crippen LogP contribution in [0.2, 0.25) is 0 Å². The molecule has 0 amide bonds. The van der Waals surface area contributed by atoms with Gasteiger partial charge in [-0.1, -0.05) is 12.1 Å². The maximum Gasteiger partial charge on any atom is 0.224 e. The number of nitriles is 1. The third-order valence-corrected chi connectivity index (χ3v) is 2.71. The number of hydrogen-bond donors (Lipinski definition) is 1. The molecule has 2 aromatic rings. The van der Waals surface area contributed by atoms with Crippen LogP contribution in [0.15, 0.2) is 30.3 Å². The quantitative estimate of drug-likeness (QED) is 0.898. The highest BCUT2D eigenvalue weighted by molar-refractivity contribution is 5.56. The number of ether oxygens (including phenoxy) is 1. The molecule has 2 rings (SSSR count). The Labute approximate surface area is 106 Å². The Kier molecular flexibility index (Phi) is 3.24. The predicted octanol–water partition coefficient (Wildman–Crippen LogP) is 3.06. The van der Waals surface area contributed by atoms with Crippen molar-refractivity contribution in [2.45, 2.75) is 20.4 Å². The van der Waals surface area contributed by atoms with Gasteiger partial charge < -0.3 is 15.0 Å². The fourth-order valence-corrected chi connectivity index (χ4v) is 1.86. The molecular formula is C14H15N3O. The first-order valence-electron chi connectivity index (χ1n) is 5.79. The van der Waals surface area contributed by atoms with E-state index in [0.29, 0.717) is 23.8 Å². The van der Waals surface area contributed by atoms with Crippen molar-refractivity contribution in [2.24, 2.45) is 0 Å². The molecule has 0 radical (unpaired) electrons. The minimum absolute atomic E-state index is 0.481. The molecule has 2 N–H and O–H groups in total. The smallest absolute Gasteiger partial charge is 0.224 e. The molecule has 4 heteroatoms. The zero-order valence-corrected chi connectivity index (χ0v) is 10.5. The zero-order chi connectivity index (χ0) is 13.1. The lowest BCUT2D eigenvalue weighted by atomic mass is 10.2. The van der Waals surface area contributed by atoms with Crippen LogP contribution in [0.4, 0.5) is 5.69 Å². The van der Waals surface area contributed by atoms with Gasteiger partial charge in [-0.2, -0.15) is 5.26 Å². The molecule has 18 heavy (non-hydrogen) atoms. The third-order valence-electron chi connectivity index (χ3n) is 2.71. The summed E-state index contributed by atoms with van der Waals surface area (Å²) in [5, 5.41) is 9.02. The molecule has 0 saturated heterocycles. The fraction of sp³-hybridized carbons (Fsp3) is 0.214. The Morgan fingerprint density at radius 2 is 2.17 bits per heavy atom. The van der Waals surface area contributed by atoms with E-state index < -0.39 is 0 Å². The number of aryl methyl sites for hydroxylation is 1. The number of hydrogen-bond acceptors (Lipinski definition) is 3. The van der Waals surface area contributed by atoms with Crippen molar-refractivity contribution in [2.75, 3.05) is 5.73 Å². The van der Waals surface area contributed by atoms with Crippen LogP contribution < -0.4 is 10.5 Å². The maximum atomic E-state index is 9.02. The van der Waals surface area contributed by atoms with Crippen LogP contribution in [0.3, 0.4) is 0 Å². The molecule has 0 spiro atoms. The van der Waals surface area contributed by atoms with Crippen molar-refractivity contribution in [1.29, 1.82) is 5.26 Å². The van der Waals surface area contributed by atoms with E-state index in [9.17, 15) is 0 Å². The van der Waals surface area contributed by atoms with Crippen LogP contribution in [0.5, 0.6) is 11.6 Å². The van der Waals surface area contributed by atoms with E-state index >= 15 is 0 Å². The van der Waals surface area contributed by atoms with E-state index in [-0.39, 0.29) is 0 Å². The van der Waals surface area contributed by atoms with E-state index in [4.69, 9.17) is 15.7 Å². The van der Waals surface area contributed by atoms with E-state index in [1.54, 1.807) is 10.6 Å². The molecule has 0 atom stereocenters. The molecule has 0 bridgehead atoms. The fourth-order valence-electron chi connectivity index (χ4n) is 1.86. The van der Waals surface area contributed by atoms with Gasteiger partial charge in [0.25, 0.3) is 0 Å². The largest absolute Gasteiger partial charge is 0.439 e. The van der Waals surface area contributed by atoms with E-state index in [1.165, 1.54) is 0 Å². The second-order valence-corrected chi connectivity index (χ2v) is 4.06. The second kappa shape index (κ2) is 4.84. The average Bonchev–Trinajstić information content (AvgIpc) is 2.66. The molecule has 0 fully saturated rings. The third kappa shape index (κ3) is 2.16. The van der Waals surface area contributed by atoms with Gasteiger partial charge in [0, 0.05) is 12.6 Å². The normalized spacial score (nSPS) is 10.1. The van der Waals surface area contributed by atoms with Crippen molar-refractivity contribution < 1.29 is 4.74 Å². The first-order valence-corrected chi connectivity index (χ1v) is 5.79. The number of benzene rings is 1. The van der Waals surface area contributed by atoms with Crippen LogP contribution in [0.25, 0.3) is 0 Å². The molecule has 1 heterocycles. The topological polar surface area (TPSA) is 64.0 Å². The summed E-state index contributed by atoms with van der Waals surface area (Å²) in [6.07, 6.45) is 0. The van der Waals surface area contributed by atoms with Gasteiger partial charge in [-0.25, -0.2) is 0 Å². The number of anilines is 1. The SMILES string of the molecule is CCn1c(C#N)cc(N)c1Oc1cccc(C)c1. The highest BCUT2D eigenvalue weighted by atomic mass is 16.5. The Bertz CT molecular complexity index is 608. The Morgan fingerprint density at radius 3 is 2.78 bits per heavy atom. The van der Waals surface area contributed by atoms with Crippen LogP contribution in [0, 0.1) is 18.3 Å². The lowest BCUT2D eigenvalue weighted by molar-refractivity contribution is 0.434. The first kappa shape index (κ1) is 12.1. The zero-order valence-electron chi connectivity index (χ0n) is 10.5. The molecule has 0 saturated carbocycles. The minimum Gasteiger partial charge on any atom is -0.439 e. The molecule has 0 unspecified atom stereocenters. The molecule has 0 aliphatic carbocycles. The maximum absolute atomic E-state index is 9.02. The van der Waals surface area contributed by atoms with E-state index in [0.717, 1.165) is 11.3 Å². The van der Waals surface area contributed by atoms with Crippen molar-refractivity contribution in [1.82, 2.24) is 4.57 Å². The van der Waals surface area contributed by atoms with Gasteiger partial charge in [-0.15, -0.1) is 0 Å². The summed E-state index contributed by atoms with van der Waals surface area (Å²) in [5.74, 6) is 1.25. The Balaban J connectivity index is 2.40. The highest BCUT2D eigenvalue weighted by Crippen LogP contribution is 2.31.